The third-order valence-corrected chi connectivity index (χ3v) is 7.96. The van der Waals surface area contributed by atoms with Gasteiger partial charge in [0.15, 0.2) is 6.20 Å². The number of furan rings is 1. The maximum Gasteiger partial charge on any atom is 0.216 e. The summed E-state index contributed by atoms with van der Waals surface area (Å²) in [7, 11) is 2.06. The van der Waals surface area contributed by atoms with Gasteiger partial charge in [0, 0.05) is 28.5 Å². The Hall–Kier alpha value is -4.68. The molecule has 0 fully saturated rings. The van der Waals surface area contributed by atoms with Crippen molar-refractivity contribution in [2.75, 3.05) is 0 Å². The highest BCUT2D eigenvalue weighted by Crippen LogP contribution is 2.42. The van der Waals surface area contributed by atoms with Gasteiger partial charge in [0.05, 0.1) is 17.2 Å². The molecular weight excluding hydrogens is 488 g/mol. The molecule has 0 saturated heterocycles. The first kappa shape index (κ1) is 25.6. The van der Waals surface area contributed by atoms with Crippen LogP contribution in [0.4, 0.5) is 0 Å². The second kappa shape index (κ2) is 9.50. The van der Waals surface area contributed by atoms with Gasteiger partial charge in [0.1, 0.15) is 18.2 Å². The van der Waals surface area contributed by atoms with Gasteiger partial charge in [-0.05, 0) is 64.8 Å². The second-order valence-corrected chi connectivity index (χ2v) is 11.8. The molecule has 0 spiro atoms. The summed E-state index contributed by atoms with van der Waals surface area (Å²) in [6, 6.07) is 32.2. The van der Waals surface area contributed by atoms with E-state index in [9.17, 15) is 5.26 Å². The zero-order valence-electron chi connectivity index (χ0n) is 24.0. The molecule has 6 aromatic rings. The average molecular weight is 522 g/mol. The van der Waals surface area contributed by atoms with Crippen LogP contribution in [-0.4, -0.2) is 0 Å². The van der Waals surface area contributed by atoms with Crippen LogP contribution in [0.2, 0.25) is 0 Å². The van der Waals surface area contributed by atoms with E-state index < -0.39 is 0 Å². The summed E-state index contributed by atoms with van der Waals surface area (Å²) in [6.45, 7) is 10.9. The minimum Gasteiger partial charge on any atom is -0.454 e. The van der Waals surface area contributed by atoms with Gasteiger partial charge < -0.3 is 4.42 Å². The lowest BCUT2D eigenvalue weighted by Crippen LogP contribution is -2.30. The van der Waals surface area contributed by atoms with Crippen LogP contribution >= 0.6 is 0 Å². The van der Waals surface area contributed by atoms with E-state index >= 15 is 0 Å². The fraction of sp³-hybridized carbons (Fsp3) is 0.189. The molecule has 4 aromatic carbocycles. The molecule has 2 heterocycles. The summed E-state index contributed by atoms with van der Waals surface area (Å²) >= 11 is 0. The van der Waals surface area contributed by atoms with Crippen molar-refractivity contribution < 1.29 is 8.98 Å². The van der Waals surface area contributed by atoms with Crippen LogP contribution in [0.25, 0.3) is 55.4 Å². The number of hydrogen-bond donors (Lipinski definition) is 0. The Labute approximate surface area is 236 Å². The van der Waals surface area contributed by atoms with Crippen LogP contribution in [0.15, 0.2) is 95.5 Å². The van der Waals surface area contributed by atoms with Gasteiger partial charge in [0.2, 0.25) is 5.69 Å². The number of pyridine rings is 1. The Morgan fingerprint density at radius 3 is 1.90 bits per heavy atom. The molecule has 0 N–H and O–H groups in total. The van der Waals surface area contributed by atoms with Crippen molar-refractivity contribution in [2.45, 2.75) is 40.0 Å². The highest BCUT2D eigenvalue weighted by atomic mass is 16.3. The molecule has 0 aliphatic carbocycles. The van der Waals surface area contributed by atoms with Crippen molar-refractivity contribution >= 4 is 21.9 Å². The Kier molecular flexibility index (Phi) is 6.08. The SMILES string of the molecule is Cc1cc[n+](C)c(-c2c(C)ccc3c2oc2c(-c4ccc(-c5ccc(C(C)(C)C)cc5)cc4)c(C#N)ccc23)c1. The van der Waals surface area contributed by atoms with Gasteiger partial charge in [-0.25, -0.2) is 4.57 Å². The van der Waals surface area contributed by atoms with Gasteiger partial charge in [-0.2, -0.15) is 5.26 Å². The van der Waals surface area contributed by atoms with E-state index in [1.54, 1.807) is 0 Å². The van der Waals surface area contributed by atoms with Crippen molar-refractivity contribution in [3.63, 3.8) is 0 Å². The quantitative estimate of drug-likeness (QED) is 0.218. The number of fused-ring (bicyclic) bond motifs is 3. The molecule has 3 nitrogen and oxygen atoms in total. The monoisotopic (exact) mass is 521 g/mol. The fourth-order valence-corrected chi connectivity index (χ4v) is 5.62. The lowest BCUT2D eigenvalue weighted by Gasteiger charge is -2.19. The summed E-state index contributed by atoms with van der Waals surface area (Å²) in [5.41, 5.74) is 12.3. The molecule has 196 valence electrons. The molecule has 0 radical (unpaired) electrons. The molecule has 0 saturated carbocycles. The Bertz CT molecular complexity index is 1940. The van der Waals surface area contributed by atoms with E-state index in [0.717, 1.165) is 55.4 Å². The summed E-state index contributed by atoms with van der Waals surface area (Å²) in [6.07, 6.45) is 2.09. The zero-order valence-corrected chi connectivity index (χ0v) is 24.0. The molecule has 0 aliphatic rings. The summed E-state index contributed by atoms with van der Waals surface area (Å²) in [5, 5.41) is 12.2. The molecule has 0 amide bonds. The summed E-state index contributed by atoms with van der Waals surface area (Å²) < 4.78 is 8.87. The molecule has 3 heteroatoms. The van der Waals surface area contributed by atoms with Gasteiger partial charge in [-0.1, -0.05) is 81.4 Å². The number of benzene rings is 4. The topological polar surface area (TPSA) is 40.8 Å². The van der Waals surface area contributed by atoms with Crippen LogP contribution in [0.1, 0.15) is 43.0 Å². The van der Waals surface area contributed by atoms with Crippen LogP contribution in [-0.2, 0) is 12.5 Å². The van der Waals surface area contributed by atoms with Crippen molar-refractivity contribution in [1.29, 1.82) is 5.26 Å². The predicted octanol–water partition coefficient (Wildman–Crippen LogP) is 9.20. The van der Waals surface area contributed by atoms with E-state index in [2.05, 4.69) is 131 Å². The van der Waals surface area contributed by atoms with Crippen LogP contribution in [0.3, 0.4) is 0 Å². The lowest BCUT2D eigenvalue weighted by atomic mass is 9.86. The van der Waals surface area contributed by atoms with Crippen LogP contribution < -0.4 is 4.57 Å². The van der Waals surface area contributed by atoms with Gasteiger partial charge in [-0.3, -0.25) is 0 Å². The highest BCUT2D eigenvalue weighted by Gasteiger charge is 2.23. The molecule has 0 atom stereocenters. The number of nitriles is 1. The Balaban J connectivity index is 1.52. The maximum atomic E-state index is 10.1. The predicted molar refractivity (Wildman–Crippen MR) is 164 cm³/mol. The maximum absolute atomic E-state index is 10.1. The first-order chi connectivity index (χ1) is 19.2. The third-order valence-electron chi connectivity index (χ3n) is 7.96. The number of aromatic nitrogens is 1. The summed E-state index contributed by atoms with van der Waals surface area (Å²) in [5.74, 6) is 0. The number of rotatable bonds is 3. The molecular formula is C37H33N2O+. The molecule has 2 aromatic heterocycles. The van der Waals surface area contributed by atoms with Crippen molar-refractivity contribution in [2.24, 2.45) is 7.05 Å². The van der Waals surface area contributed by atoms with Crippen molar-refractivity contribution in [3.8, 4) is 39.6 Å². The minimum absolute atomic E-state index is 0.122. The van der Waals surface area contributed by atoms with E-state index in [4.69, 9.17) is 4.42 Å². The van der Waals surface area contributed by atoms with Gasteiger partial charge in [0.25, 0.3) is 0 Å². The number of hydrogen-bond acceptors (Lipinski definition) is 2. The first-order valence-corrected chi connectivity index (χ1v) is 13.7. The van der Waals surface area contributed by atoms with Crippen LogP contribution in [0.5, 0.6) is 0 Å². The second-order valence-electron chi connectivity index (χ2n) is 11.8. The van der Waals surface area contributed by atoms with Crippen LogP contribution in [0, 0.1) is 25.2 Å². The third kappa shape index (κ3) is 4.27. The minimum atomic E-state index is 0.122. The Morgan fingerprint density at radius 2 is 1.27 bits per heavy atom. The zero-order chi connectivity index (χ0) is 28.2. The highest BCUT2D eigenvalue weighted by molar-refractivity contribution is 6.14. The molecule has 0 aliphatic heterocycles. The molecule has 0 bridgehead atoms. The smallest absolute Gasteiger partial charge is 0.216 e. The number of nitrogens with zero attached hydrogens (tertiary/aromatic N) is 2. The standard InChI is InChI=1S/C37H33N2O/c1-23-19-20-39(6)32(21-23)33-24(2)7-17-30-31-18-14-28(22-38)34(36(31)40-35(30)33)27-10-8-25(9-11-27)26-12-15-29(16-13-26)37(3,4)5/h7-21H,1-6H3/q+1. The number of aryl methyl sites for hydroxylation is 3. The van der Waals surface area contributed by atoms with Gasteiger partial charge >= 0.3 is 0 Å². The molecule has 40 heavy (non-hydrogen) atoms. The van der Waals surface area contributed by atoms with E-state index in [1.807, 2.05) is 12.1 Å². The van der Waals surface area contributed by atoms with E-state index in [0.29, 0.717) is 5.56 Å². The first-order valence-electron chi connectivity index (χ1n) is 13.7. The molecule has 0 unspecified atom stereocenters. The van der Waals surface area contributed by atoms with E-state index in [1.165, 1.54) is 16.7 Å². The summed E-state index contributed by atoms with van der Waals surface area (Å²) in [4.78, 5) is 0. The van der Waals surface area contributed by atoms with Crippen molar-refractivity contribution in [3.05, 3.63) is 113 Å². The largest absolute Gasteiger partial charge is 0.454 e. The van der Waals surface area contributed by atoms with Crippen molar-refractivity contribution in [1.82, 2.24) is 0 Å². The van der Waals surface area contributed by atoms with Gasteiger partial charge in [-0.15, -0.1) is 0 Å². The average Bonchev–Trinajstić information content (AvgIpc) is 3.32. The Morgan fingerprint density at radius 1 is 0.700 bits per heavy atom. The normalized spacial score (nSPS) is 11.7. The lowest BCUT2D eigenvalue weighted by molar-refractivity contribution is -0.660. The fourth-order valence-electron chi connectivity index (χ4n) is 5.62. The van der Waals surface area contributed by atoms with E-state index in [-0.39, 0.29) is 5.41 Å². The molecule has 6 rings (SSSR count).